The zero-order valence-electron chi connectivity index (χ0n) is 7.98. The van der Waals surface area contributed by atoms with Crippen molar-refractivity contribution >= 4 is 11.8 Å². The van der Waals surface area contributed by atoms with Crippen LogP contribution in [0.5, 0.6) is 0 Å². The second kappa shape index (κ2) is 4.94. The zero-order chi connectivity index (χ0) is 10.6. The fraction of sp³-hybridized carbons (Fsp3) is 0.750. The number of nitrogens with two attached hydrogens (primary N) is 1. The highest BCUT2D eigenvalue weighted by molar-refractivity contribution is 5.82. The first-order valence-corrected chi connectivity index (χ1v) is 3.97. The van der Waals surface area contributed by atoms with Gasteiger partial charge in [-0.15, -0.1) is 0 Å². The van der Waals surface area contributed by atoms with Crippen LogP contribution in [0.1, 0.15) is 20.8 Å². The van der Waals surface area contributed by atoms with Crippen molar-refractivity contribution in [3.63, 3.8) is 0 Å². The summed E-state index contributed by atoms with van der Waals surface area (Å²) < 4.78 is 4.70. The zero-order valence-corrected chi connectivity index (χ0v) is 7.98. The third kappa shape index (κ3) is 4.00. The molecule has 0 radical (unpaired) electrons. The molecule has 13 heavy (non-hydrogen) atoms. The lowest BCUT2D eigenvalue weighted by atomic mass is 10.0. The predicted octanol–water partition coefficient (Wildman–Crippen LogP) is -0.785. The Kier molecular flexibility index (Phi) is 4.58. The van der Waals surface area contributed by atoms with Crippen LogP contribution in [-0.2, 0) is 14.3 Å². The minimum absolute atomic E-state index is 0.327. The van der Waals surface area contributed by atoms with E-state index in [1.54, 1.807) is 0 Å². The molecule has 0 amide bonds. The number of esters is 1. The Morgan fingerprint density at radius 3 is 2.08 bits per heavy atom. The SMILES string of the molecule is CC(=O)OC(C(C)O)C(N)C(C)=O. The molecule has 0 heterocycles. The summed E-state index contributed by atoms with van der Waals surface area (Å²) in [6.45, 7) is 3.89. The Morgan fingerprint density at radius 1 is 1.38 bits per heavy atom. The number of Topliss-reactive ketones (excluding diaryl/α,β-unsaturated/α-hetero) is 1. The Labute approximate surface area is 76.9 Å². The summed E-state index contributed by atoms with van der Waals surface area (Å²) >= 11 is 0. The van der Waals surface area contributed by atoms with Gasteiger partial charge in [-0.1, -0.05) is 0 Å². The third-order valence-electron chi connectivity index (χ3n) is 1.60. The third-order valence-corrected chi connectivity index (χ3v) is 1.60. The van der Waals surface area contributed by atoms with Crippen LogP contribution >= 0.6 is 0 Å². The molecule has 0 aromatic rings. The second-order valence-corrected chi connectivity index (χ2v) is 2.95. The van der Waals surface area contributed by atoms with Crippen LogP contribution in [0, 0.1) is 0 Å². The lowest BCUT2D eigenvalue weighted by Gasteiger charge is -2.23. The predicted molar refractivity (Wildman–Crippen MR) is 45.9 cm³/mol. The van der Waals surface area contributed by atoms with Crippen LogP contribution < -0.4 is 5.73 Å². The van der Waals surface area contributed by atoms with Gasteiger partial charge in [0.1, 0.15) is 17.9 Å². The summed E-state index contributed by atoms with van der Waals surface area (Å²) in [7, 11) is 0. The van der Waals surface area contributed by atoms with E-state index in [-0.39, 0.29) is 5.78 Å². The number of aliphatic hydroxyl groups excluding tert-OH is 1. The van der Waals surface area contributed by atoms with E-state index in [9.17, 15) is 14.7 Å². The summed E-state index contributed by atoms with van der Waals surface area (Å²) in [6.07, 6.45) is -1.92. The van der Waals surface area contributed by atoms with Crippen molar-refractivity contribution in [1.29, 1.82) is 0 Å². The van der Waals surface area contributed by atoms with Crippen molar-refractivity contribution in [2.45, 2.75) is 39.0 Å². The summed E-state index contributed by atoms with van der Waals surface area (Å²) in [5, 5.41) is 9.17. The normalized spacial score (nSPS) is 17.3. The molecule has 0 aromatic heterocycles. The maximum atomic E-state index is 10.8. The topological polar surface area (TPSA) is 89.6 Å². The summed E-state index contributed by atoms with van der Waals surface area (Å²) in [4.78, 5) is 21.4. The Balaban J connectivity index is 4.41. The molecule has 0 aliphatic rings. The lowest BCUT2D eigenvalue weighted by molar-refractivity contribution is -0.154. The molecule has 3 unspecified atom stereocenters. The number of carbonyl (C=O) groups excluding carboxylic acids is 2. The van der Waals surface area contributed by atoms with Gasteiger partial charge in [-0.05, 0) is 13.8 Å². The average molecular weight is 189 g/mol. The van der Waals surface area contributed by atoms with Gasteiger partial charge >= 0.3 is 5.97 Å². The molecule has 0 rings (SSSR count). The van der Waals surface area contributed by atoms with Crippen LogP contribution in [0.25, 0.3) is 0 Å². The van der Waals surface area contributed by atoms with E-state index < -0.39 is 24.2 Å². The quantitative estimate of drug-likeness (QED) is 0.566. The Morgan fingerprint density at radius 2 is 1.85 bits per heavy atom. The number of aliphatic hydroxyl groups is 1. The second-order valence-electron chi connectivity index (χ2n) is 2.95. The maximum absolute atomic E-state index is 10.8. The molecular weight excluding hydrogens is 174 g/mol. The first-order chi connectivity index (χ1) is 5.86. The average Bonchev–Trinajstić information content (AvgIpc) is 1.97. The van der Waals surface area contributed by atoms with Crippen LogP contribution in [-0.4, -0.2) is 35.1 Å². The van der Waals surface area contributed by atoms with Gasteiger partial charge in [-0.3, -0.25) is 9.59 Å². The van der Waals surface area contributed by atoms with E-state index >= 15 is 0 Å². The minimum atomic E-state index is -0.969. The maximum Gasteiger partial charge on any atom is 0.303 e. The number of carbonyl (C=O) groups is 2. The van der Waals surface area contributed by atoms with Gasteiger partial charge in [0.2, 0.25) is 0 Å². The van der Waals surface area contributed by atoms with E-state index in [1.807, 2.05) is 0 Å². The minimum Gasteiger partial charge on any atom is -0.458 e. The van der Waals surface area contributed by atoms with Crippen LogP contribution in [0.15, 0.2) is 0 Å². The number of hydrogen-bond donors (Lipinski definition) is 2. The van der Waals surface area contributed by atoms with E-state index in [4.69, 9.17) is 10.5 Å². The molecule has 0 spiro atoms. The van der Waals surface area contributed by atoms with Crippen molar-refractivity contribution in [2.75, 3.05) is 0 Å². The van der Waals surface area contributed by atoms with Crippen molar-refractivity contribution < 1.29 is 19.4 Å². The van der Waals surface area contributed by atoms with E-state index in [2.05, 4.69) is 0 Å². The van der Waals surface area contributed by atoms with E-state index in [1.165, 1.54) is 20.8 Å². The highest BCUT2D eigenvalue weighted by atomic mass is 16.6. The molecule has 0 aliphatic carbocycles. The van der Waals surface area contributed by atoms with E-state index in [0.29, 0.717) is 0 Å². The van der Waals surface area contributed by atoms with Gasteiger partial charge in [0.15, 0.2) is 0 Å². The number of ketones is 1. The van der Waals surface area contributed by atoms with Crippen LogP contribution in [0.2, 0.25) is 0 Å². The standard InChI is InChI=1S/C8H15NO4/c1-4(10)7(9)8(5(2)11)13-6(3)12/h5,7-8,11H,9H2,1-3H3. The highest BCUT2D eigenvalue weighted by Gasteiger charge is 2.28. The molecule has 0 saturated heterocycles. The van der Waals surface area contributed by atoms with Gasteiger partial charge in [-0.25, -0.2) is 0 Å². The number of hydrogen-bond acceptors (Lipinski definition) is 5. The molecule has 0 fully saturated rings. The van der Waals surface area contributed by atoms with Gasteiger partial charge in [-0.2, -0.15) is 0 Å². The largest absolute Gasteiger partial charge is 0.458 e. The van der Waals surface area contributed by atoms with Crippen LogP contribution in [0.3, 0.4) is 0 Å². The number of rotatable bonds is 4. The highest BCUT2D eigenvalue weighted by Crippen LogP contribution is 2.05. The van der Waals surface area contributed by atoms with E-state index in [0.717, 1.165) is 0 Å². The van der Waals surface area contributed by atoms with Gasteiger partial charge in [0.05, 0.1) is 6.10 Å². The molecule has 0 saturated carbocycles. The van der Waals surface area contributed by atoms with Gasteiger partial charge in [0, 0.05) is 6.92 Å². The Bertz CT molecular complexity index is 202. The first-order valence-electron chi connectivity index (χ1n) is 3.97. The molecule has 5 nitrogen and oxygen atoms in total. The Hall–Kier alpha value is -0.940. The fourth-order valence-corrected chi connectivity index (χ4v) is 0.895. The summed E-state index contributed by atoms with van der Waals surface area (Å²) in [5.41, 5.74) is 5.42. The molecule has 0 bridgehead atoms. The molecular formula is C8H15NO4. The van der Waals surface area contributed by atoms with Crippen molar-refractivity contribution in [3.05, 3.63) is 0 Å². The van der Waals surface area contributed by atoms with Crippen molar-refractivity contribution in [3.8, 4) is 0 Å². The molecule has 5 heteroatoms. The molecule has 0 aliphatic heterocycles. The first kappa shape index (κ1) is 12.1. The monoisotopic (exact) mass is 189 g/mol. The lowest BCUT2D eigenvalue weighted by Crippen LogP contribution is -2.48. The van der Waals surface area contributed by atoms with Crippen LogP contribution in [0.4, 0.5) is 0 Å². The fourth-order valence-electron chi connectivity index (χ4n) is 0.895. The number of ether oxygens (including phenoxy) is 1. The molecule has 3 N–H and O–H groups in total. The van der Waals surface area contributed by atoms with Gasteiger partial charge in [0.25, 0.3) is 0 Å². The van der Waals surface area contributed by atoms with Crippen molar-refractivity contribution in [1.82, 2.24) is 0 Å². The summed E-state index contributed by atoms with van der Waals surface area (Å²) in [5.74, 6) is -0.894. The summed E-state index contributed by atoms with van der Waals surface area (Å²) in [6, 6.07) is -0.969. The van der Waals surface area contributed by atoms with Crippen molar-refractivity contribution in [2.24, 2.45) is 5.73 Å². The van der Waals surface area contributed by atoms with Gasteiger partial charge < -0.3 is 15.6 Å². The smallest absolute Gasteiger partial charge is 0.303 e. The molecule has 76 valence electrons. The molecule has 3 atom stereocenters. The molecule has 0 aromatic carbocycles.